The maximum absolute atomic E-state index is 5.73. The molecule has 0 bridgehead atoms. The molecule has 5 nitrogen and oxygen atoms in total. The molecule has 0 saturated carbocycles. The van der Waals surface area contributed by atoms with Crippen LogP contribution >= 0.6 is 0 Å². The SMILES string of the molecule is COc1cc(C)nc(N(Cc2ccc(N)cc2)C(C)C)n1. The monoisotopic (exact) mass is 286 g/mol. The normalized spacial score (nSPS) is 10.7. The van der Waals surface area contributed by atoms with E-state index in [0.29, 0.717) is 11.8 Å². The molecular weight excluding hydrogens is 264 g/mol. The van der Waals surface area contributed by atoms with Crippen LogP contribution in [0, 0.1) is 6.92 Å². The zero-order valence-electron chi connectivity index (χ0n) is 13.0. The lowest BCUT2D eigenvalue weighted by Crippen LogP contribution is -2.32. The summed E-state index contributed by atoms with van der Waals surface area (Å²) in [5.41, 5.74) is 8.56. The first-order valence-electron chi connectivity index (χ1n) is 7.00. The molecule has 0 fully saturated rings. The number of hydrogen-bond donors (Lipinski definition) is 1. The summed E-state index contributed by atoms with van der Waals surface area (Å²) >= 11 is 0. The van der Waals surface area contributed by atoms with Gasteiger partial charge in [-0.15, -0.1) is 0 Å². The molecule has 0 aliphatic rings. The van der Waals surface area contributed by atoms with Gasteiger partial charge < -0.3 is 15.4 Å². The van der Waals surface area contributed by atoms with Gasteiger partial charge >= 0.3 is 0 Å². The van der Waals surface area contributed by atoms with E-state index in [2.05, 4.69) is 28.7 Å². The lowest BCUT2D eigenvalue weighted by atomic mass is 10.2. The van der Waals surface area contributed by atoms with Crippen molar-refractivity contribution < 1.29 is 4.74 Å². The smallest absolute Gasteiger partial charge is 0.229 e. The molecule has 0 spiro atoms. The van der Waals surface area contributed by atoms with Crippen LogP contribution in [0.5, 0.6) is 5.88 Å². The van der Waals surface area contributed by atoms with Crippen molar-refractivity contribution in [3.8, 4) is 5.88 Å². The number of benzene rings is 1. The average Bonchev–Trinajstić information content (AvgIpc) is 2.45. The van der Waals surface area contributed by atoms with Gasteiger partial charge in [-0.2, -0.15) is 4.98 Å². The molecule has 0 atom stereocenters. The van der Waals surface area contributed by atoms with Crippen molar-refractivity contribution in [1.82, 2.24) is 9.97 Å². The number of ether oxygens (including phenoxy) is 1. The Labute approximate surface area is 125 Å². The van der Waals surface area contributed by atoms with E-state index in [-0.39, 0.29) is 6.04 Å². The Kier molecular flexibility index (Phi) is 4.62. The average molecular weight is 286 g/mol. The fraction of sp³-hybridized carbons (Fsp3) is 0.375. The second kappa shape index (κ2) is 6.43. The van der Waals surface area contributed by atoms with Gasteiger partial charge in [0.15, 0.2) is 0 Å². The Morgan fingerprint density at radius 2 is 1.86 bits per heavy atom. The highest BCUT2D eigenvalue weighted by molar-refractivity contribution is 5.42. The molecule has 0 unspecified atom stereocenters. The lowest BCUT2D eigenvalue weighted by Gasteiger charge is -2.27. The van der Waals surface area contributed by atoms with Crippen LogP contribution in [0.3, 0.4) is 0 Å². The minimum absolute atomic E-state index is 0.272. The van der Waals surface area contributed by atoms with Crippen molar-refractivity contribution >= 4 is 11.6 Å². The molecule has 2 N–H and O–H groups in total. The highest BCUT2D eigenvalue weighted by atomic mass is 16.5. The predicted molar refractivity (Wildman–Crippen MR) is 85.5 cm³/mol. The molecule has 2 aromatic rings. The van der Waals surface area contributed by atoms with Gasteiger partial charge in [-0.3, -0.25) is 0 Å². The van der Waals surface area contributed by atoms with Crippen LogP contribution in [0.15, 0.2) is 30.3 Å². The van der Waals surface area contributed by atoms with E-state index in [1.165, 1.54) is 5.56 Å². The highest BCUT2D eigenvalue weighted by Gasteiger charge is 2.15. The Hall–Kier alpha value is -2.30. The number of methoxy groups -OCH3 is 1. The van der Waals surface area contributed by atoms with Crippen molar-refractivity contribution in [1.29, 1.82) is 0 Å². The van der Waals surface area contributed by atoms with Crippen molar-refractivity contribution in [2.75, 3.05) is 17.7 Å². The molecule has 5 heteroatoms. The van der Waals surface area contributed by atoms with Gasteiger partial charge in [0.1, 0.15) is 0 Å². The Morgan fingerprint density at radius 1 is 1.19 bits per heavy atom. The molecule has 2 rings (SSSR count). The number of nitrogens with zero attached hydrogens (tertiary/aromatic N) is 3. The van der Waals surface area contributed by atoms with E-state index in [9.17, 15) is 0 Å². The molecule has 21 heavy (non-hydrogen) atoms. The van der Waals surface area contributed by atoms with Crippen LogP contribution in [-0.2, 0) is 6.54 Å². The molecule has 0 aliphatic heterocycles. The lowest BCUT2D eigenvalue weighted by molar-refractivity contribution is 0.395. The first kappa shape index (κ1) is 15.1. The van der Waals surface area contributed by atoms with Gasteiger partial charge in [0.2, 0.25) is 11.8 Å². The second-order valence-corrected chi connectivity index (χ2v) is 5.31. The number of nitrogens with two attached hydrogens (primary N) is 1. The van der Waals surface area contributed by atoms with E-state index in [4.69, 9.17) is 10.5 Å². The Bertz CT molecular complexity index is 596. The molecule has 1 aromatic carbocycles. The summed E-state index contributed by atoms with van der Waals surface area (Å²) in [5, 5.41) is 0. The molecule has 0 amide bonds. The number of aryl methyl sites for hydroxylation is 1. The van der Waals surface area contributed by atoms with E-state index in [1.54, 1.807) is 7.11 Å². The van der Waals surface area contributed by atoms with Gasteiger partial charge in [0, 0.05) is 30.0 Å². The van der Waals surface area contributed by atoms with E-state index >= 15 is 0 Å². The van der Waals surface area contributed by atoms with Crippen LogP contribution in [0.4, 0.5) is 11.6 Å². The van der Waals surface area contributed by atoms with Gasteiger partial charge in [0.05, 0.1) is 7.11 Å². The van der Waals surface area contributed by atoms with Crippen LogP contribution in [0.2, 0.25) is 0 Å². The summed E-state index contributed by atoms with van der Waals surface area (Å²) in [6, 6.07) is 9.96. The third-order valence-electron chi connectivity index (χ3n) is 3.24. The van der Waals surface area contributed by atoms with Crippen molar-refractivity contribution in [2.24, 2.45) is 0 Å². The number of anilines is 2. The summed E-state index contributed by atoms with van der Waals surface area (Å²) in [6.45, 7) is 6.91. The number of hydrogen-bond acceptors (Lipinski definition) is 5. The maximum Gasteiger partial charge on any atom is 0.229 e. The molecule has 1 aromatic heterocycles. The van der Waals surface area contributed by atoms with Crippen LogP contribution in [0.25, 0.3) is 0 Å². The number of nitrogen functional groups attached to an aromatic ring is 1. The maximum atomic E-state index is 5.73. The van der Waals surface area contributed by atoms with Gasteiger partial charge in [0.25, 0.3) is 0 Å². The van der Waals surface area contributed by atoms with Crippen molar-refractivity contribution in [3.05, 3.63) is 41.6 Å². The quantitative estimate of drug-likeness (QED) is 0.856. The van der Waals surface area contributed by atoms with Gasteiger partial charge in [-0.25, -0.2) is 4.98 Å². The standard InChI is InChI=1S/C16H22N4O/c1-11(2)20(10-13-5-7-14(17)8-6-13)16-18-12(3)9-15(19-16)21-4/h5-9,11H,10,17H2,1-4H3. The van der Waals surface area contributed by atoms with E-state index < -0.39 is 0 Å². The zero-order chi connectivity index (χ0) is 15.4. The van der Waals surface area contributed by atoms with Crippen LogP contribution < -0.4 is 15.4 Å². The summed E-state index contributed by atoms with van der Waals surface area (Å²) in [7, 11) is 1.62. The molecule has 1 heterocycles. The second-order valence-electron chi connectivity index (χ2n) is 5.31. The summed E-state index contributed by atoms with van der Waals surface area (Å²) < 4.78 is 5.24. The Morgan fingerprint density at radius 3 is 2.43 bits per heavy atom. The number of aromatic nitrogens is 2. The fourth-order valence-electron chi connectivity index (χ4n) is 2.06. The fourth-order valence-corrected chi connectivity index (χ4v) is 2.06. The first-order chi connectivity index (χ1) is 9.99. The Balaban J connectivity index is 2.30. The summed E-state index contributed by atoms with van der Waals surface area (Å²) in [6.07, 6.45) is 0. The highest BCUT2D eigenvalue weighted by Crippen LogP contribution is 2.20. The predicted octanol–water partition coefficient (Wildman–Crippen LogP) is 2.79. The van der Waals surface area contributed by atoms with E-state index in [0.717, 1.165) is 17.9 Å². The van der Waals surface area contributed by atoms with Crippen molar-refractivity contribution in [3.63, 3.8) is 0 Å². The largest absolute Gasteiger partial charge is 0.481 e. The summed E-state index contributed by atoms with van der Waals surface area (Å²) in [5.74, 6) is 1.26. The molecule has 0 radical (unpaired) electrons. The van der Waals surface area contributed by atoms with Crippen molar-refractivity contribution in [2.45, 2.75) is 33.4 Å². The third kappa shape index (κ3) is 3.84. The van der Waals surface area contributed by atoms with Crippen LogP contribution in [-0.4, -0.2) is 23.1 Å². The topological polar surface area (TPSA) is 64.3 Å². The first-order valence-corrected chi connectivity index (χ1v) is 7.00. The van der Waals surface area contributed by atoms with E-state index in [1.807, 2.05) is 37.3 Å². The number of rotatable bonds is 5. The van der Waals surface area contributed by atoms with Gasteiger partial charge in [-0.05, 0) is 38.5 Å². The molecular formula is C16H22N4O. The van der Waals surface area contributed by atoms with Crippen LogP contribution in [0.1, 0.15) is 25.1 Å². The molecule has 0 saturated heterocycles. The minimum Gasteiger partial charge on any atom is -0.481 e. The summed E-state index contributed by atoms with van der Waals surface area (Å²) in [4.78, 5) is 11.1. The zero-order valence-corrected chi connectivity index (χ0v) is 13.0. The molecule has 0 aliphatic carbocycles. The third-order valence-corrected chi connectivity index (χ3v) is 3.24. The van der Waals surface area contributed by atoms with Gasteiger partial charge in [-0.1, -0.05) is 12.1 Å². The minimum atomic E-state index is 0.272. The molecule has 112 valence electrons.